The molecule has 41 valence electrons. The molecule has 0 N–H and O–H groups in total. The van der Waals surface area contributed by atoms with Crippen molar-refractivity contribution in [3.05, 3.63) is 0 Å². The molecule has 0 aliphatic carbocycles. The molecule has 1 rings (SSSR count). The van der Waals surface area contributed by atoms with Gasteiger partial charge < -0.3 is 0 Å². The van der Waals surface area contributed by atoms with Crippen molar-refractivity contribution in [2.45, 2.75) is 12.8 Å². The van der Waals surface area contributed by atoms with Gasteiger partial charge in [0.2, 0.25) is 0 Å². The Labute approximate surface area is 43.7 Å². The Hall–Kier alpha value is -0.0800. The summed E-state index contributed by atoms with van der Waals surface area (Å²) in [7, 11) is 0. The SMILES string of the molecule is [O]CN1CCCC1. The van der Waals surface area contributed by atoms with E-state index in [1.807, 2.05) is 4.90 Å². The lowest BCUT2D eigenvalue weighted by Gasteiger charge is -2.05. The maximum atomic E-state index is 10.1. The predicted molar refractivity (Wildman–Crippen MR) is 26.4 cm³/mol. The highest BCUT2D eigenvalue weighted by molar-refractivity contribution is 4.60. The van der Waals surface area contributed by atoms with E-state index in [0.717, 1.165) is 13.1 Å². The number of nitrogens with zero attached hydrogens (tertiary/aromatic N) is 1. The minimum atomic E-state index is 0. The molecule has 1 fully saturated rings. The average Bonchev–Trinajstić information content (AvgIpc) is 2.14. The molecule has 0 unspecified atom stereocenters. The fraction of sp³-hybridized carbons (Fsp3) is 1.00. The molecule has 2 heteroatoms. The second kappa shape index (κ2) is 2.28. The van der Waals surface area contributed by atoms with Gasteiger partial charge in [0.25, 0.3) is 0 Å². The summed E-state index contributed by atoms with van der Waals surface area (Å²) < 4.78 is 0. The van der Waals surface area contributed by atoms with Crippen molar-refractivity contribution in [2.75, 3.05) is 19.8 Å². The molecule has 0 bridgehead atoms. The number of hydrogen-bond acceptors (Lipinski definition) is 1. The normalized spacial score (nSPS) is 23.6. The first-order valence-corrected chi connectivity index (χ1v) is 2.74. The quantitative estimate of drug-likeness (QED) is 0.469. The maximum Gasteiger partial charge on any atom is 0.135 e. The van der Waals surface area contributed by atoms with Crippen LogP contribution in [0.5, 0.6) is 0 Å². The van der Waals surface area contributed by atoms with Crippen molar-refractivity contribution in [3.63, 3.8) is 0 Å². The molecule has 2 nitrogen and oxygen atoms in total. The minimum absolute atomic E-state index is 0. The molecule has 0 aromatic carbocycles. The van der Waals surface area contributed by atoms with Crippen LogP contribution in [0.1, 0.15) is 12.8 Å². The molecule has 0 amide bonds. The van der Waals surface area contributed by atoms with E-state index in [9.17, 15) is 5.11 Å². The lowest BCUT2D eigenvalue weighted by atomic mass is 10.4. The number of rotatable bonds is 1. The molecule has 0 spiro atoms. The van der Waals surface area contributed by atoms with Gasteiger partial charge >= 0.3 is 0 Å². The van der Waals surface area contributed by atoms with E-state index < -0.39 is 0 Å². The van der Waals surface area contributed by atoms with Crippen LogP contribution in [-0.2, 0) is 5.11 Å². The molecule has 1 radical (unpaired) electrons. The fourth-order valence-corrected chi connectivity index (χ4v) is 0.912. The average molecular weight is 100 g/mol. The van der Waals surface area contributed by atoms with Crippen LogP contribution in [0.25, 0.3) is 0 Å². The molecule has 1 aliphatic heterocycles. The molecule has 1 aliphatic rings. The van der Waals surface area contributed by atoms with Gasteiger partial charge in [0.1, 0.15) is 6.73 Å². The summed E-state index contributed by atoms with van der Waals surface area (Å²) in [6.45, 7) is 2.06. The fourth-order valence-electron chi connectivity index (χ4n) is 0.912. The smallest absolute Gasteiger partial charge is 0.135 e. The largest absolute Gasteiger partial charge is 0.278 e. The highest BCUT2D eigenvalue weighted by Crippen LogP contribution is 2.04. The van der Waals surface area contributed by atoms with Crippen LogP contribution in [0.4, 0.5) is 0 Å². The molecular formula is C5H10NO. The summed E-state index contributed by atoms with van der Waals surface area (Å²) in [4.78, 5) is 1.93. The van der Waals surface area contributed by atoms with Gasteiger partial charge in [-0.2, -0.15) is 0 Å². The molecular weight excluding hydrogens is 90.1 g/mol. The zero-order valence-corrected chi connectivity index (χ0v) is 4.39. The third kappa shape index (κ3) is 1.14. The molecule has 0 atom stereocenters. The predicted octanol–water partition coefficient (Wildman–Crippen LogP) is 0.470. The zero-order valence-electron chi connectivity index (χ0n) is 4.39. The van der Waals surface area contributed by atoms with Gasteiger partial charge in [-0.3, -0.25) is 4.90 Å². The third-order valence-corrected chi connectivity index (χ3v) is 1.38. The van der Waals surface area contributed by atoms with E-state index in [1.54, 1.807) is 0 Å². The van der Waals surface area contributed by atoms with Gasteiger partial charge in [-0.1, -0.05) is 0 Å². The number of likely N-dealkylation sites (tertiary alicyclic amines) is 1. The van der Waals surface area contributed by atoms with E-state index in [4.69, 9.17) is 0 Å². The van der Waals surface area contributed by atoms with Crippen molar-refractivity contribution < 1.29 is 5.11 Å². The molecule has 0 saturated carbocycles. The van der Waals surface area contributed by atoms with Gasteiger partial charge in [-0.15, -0.1) is 0 Å². The first-order valence-electron chi connectivity index (χ1n) is 2.74. The van der Waals surface area contributed by atoms with Crippen LogP contribution < -0.4 is 0 Å². The summed E-state index contributed by atoms with van der Waals surface area (Å²) in [5, 5.41) is 10.1. The second-order valence-corrected chi connectivity index (χ2v) is 1.95. The minimum Gasteiger partial charge on any atom is -0.278 e. The lowest BCUT2D eigenvalue weighted by Crippen LogP contribution is -2.18. The van der Waals surface area contributed by atoms with Crippen molar-refractivity contribution in [2.24, 2.45) is 0 Å². The van der Waals surface area contributed by atoms with Crippen LogP contribution >= 0.6 is 0 Å². The summed E-state index contributed by atoms with van der Waals surface area (Å²) in [6.07, 6.45) is 2.45. The van der Waals surface area contributed by atoms with Gasteiger partial charge in [-0.25, -0.2) is 5.11 Å². The standard InChI is InChI=1S/C5H10NO/c7-5-6-3-1-2-4-6/h1-5H2. The van der Waals surface area contributed by atoms with Crippen LogP contribution in [0.2, 0.25) is 0 Å². The van der Waals surface area contributed by atoms with E-state index >= 15 is 0 Å². The Bertz CT molecular complexity index is 50.0. The van der Waals surface area contributed by atoms with Gasteiger partial charge in [-0.05, 0) is 12.8 Å². The third-order valence-electron chi connectivity index (χ3n) is 1.38. The summed E-state index contributed by atoms with van der Waals surface area (Å²) in [6, 6.07) is 0. The molecule has 1 heterocycles. The lowest BCUT2D eigenvalue weighted by molar-refractivity contribution is 0.0685. The monoisotopic (exact) mass is 100 g/mol. The topological polar surface area (TPSA) is 23.1 Å². The molecule has 7 heavy (non-hydrogen) atoms. The Balaban J connectivity index is 2.14. The Morgan fingerprint density at radius 1 is 1.29 bits per heavy atom. The van der Waals surface area contributed by atoms with Crippen molar-refractivity contribution in [1.29, 1.82) is 0 Å². The molecule has 1 saturated heterocycles. The zero-order chi connectivity index (χ0) is 5.11. The summed E-state index contributed by atoms with van der Waals surface area (Å²) in [5.41, 5.74) is 0. The van der Waals surface area contributed by atoms with Gasteiger partial charge in [0.15, 0.2) is 0 Å². The number of hydrogen-bond donors (Lipinski definition) is 0. The van der Waals surface area contributed by atoms with Crippen LogP contribution in [-0.4, -0.2) is 24.7 Å². The van der Waals surface area contributed by atoms with Crippen LogP contribution in [0, 0.1) is 0 Å². The highest BCUT2D eigenvalue weighted by Gasteiger charge is 2.08. The Morgan fingerprint density at radius 2 is 1.86 bits per heavy atom. The van der Waals surface area contributed by atoms with E-state index in [1.165, 1.54) is 12.8 Å². The first-order chi connectivity index (χ1) is 3.43. The van der Waals surface area contributed by atoms with E-state index in [-0.39, 0.29) is 6.73 Å². The van der Waals surface area contributed by atoms with Gasteiger partial charge in [0.05, 0.1) is 0 Å². The second-order valence-electron chi connectivity index (χ2n) is 1.95. The maximum absolute atomic E-state index is 10.1. The highest BCUT2D eigenvalue weighted by atomic mass is 16.3. The van der Waals surface area contributed by atoms with E-state index in [2.05, 4.69) is 0 Å². The molecule has 0 aromatic rings. The Kier molecular flexibility index (Phi) is 1.65. The summed E-state index contributed by atoms with van der Waals surface area (Å²) in [5.74, 6) is 0. The first kappa shape index (κ1) is 5.06. The molecule has 0 aromatic heterocycles. The Morgan fingerprint density at radius 3 is 2.14 bits per heavy atom. The van der Waals surface area contributed by atoms with Crippen molar-refractivity contribution in [3.8, 4) is 0 Å². The van der Waals surface area contributed by atoms with Crippen molar-refractivity contribution in [1.82, 2.24) is 4.90 Å². The van der Waals surface area contributed by atoms with Crippen molar-refractivity contribution >= 4 is 0 Å². The van der Waals surface area contributed by atoms with Gasteiger partial charge in [0, 0.05) is 13.1 Å². The van der Waals surface area contributed by atoms with E-state index in [0.29, 0.717) is 0 Å². The van der Waals surface area contributed by atoms with Crippen LogP contribution in [0.3, 0.4) is 0 Å². The van der Waals surface area contributed by atoms with Crippen LogP contribution in [0.15, 0.2) is 0 Å². The summed E-state index contributed by atoms with van der Waals surface area (Å²) >= 11 is 0.